The molecule has 0 spiro atoms. The molecule has 2 N–H and O–H groups in total. The first-order valence-corrected chi connectivity index (χ1v) is 6.32. The van der Waals surface area contributed by atoms with Crippen molar-refractivity contribution in [2.75, 3.05) is 11.9 Å². The summed E-state index contributed by atoms with van der Waals surface area (Å²) in [5, 5.41) is 11.2. The van der Waals surface area contributed by atoms with Crippen molar-refractivity contribution in [1.29, 1.82) is 0 Å². The van der Waals surface area contributed by atoms with Gasteiger partial charge in [0.05, 0.1) is 12.2 Å². The van der Waals surface area contributed by atoms with E-state index in [1.54, 1.807) is 24.3 Å². The number of carbonyl (C=O) groups excluding carboxylic acids is 1. The number of anilines is 1. The van der Waals surface area contributed by atoms with E-state index in [9.17, 15) is 9.18 Å². The normalized spacial score (nSPS) is 9.62. The Morgan fingerprint density at radius 3 is 2.86 bits per heavy atom. The van der Waals surface area contributed by atoms with Gasteiger partial charge >= 0.3 is 0 Å². The molecule has 0 saturated heterocycles. The van der Waals surface area contributed by atoms with E-state index < -0.39 is 11.7 Å². The third-order valence-corrected chi connectivity index (χ3v) is 2.58. The van der Waals surface area contributed by atoms with Gasteiger partial charge in [0.25, 0.3) is 5.91 Å². The molecule has 2 rings (SSSR count). The summed E-state index contributed by atoms with van der Waals surface area (Å²) >= 11 is 0. The molecule has 21 heavy (non-hydrogen) atoms. The van der Waals surface area contributed by atoms with Gasteiger partial charge in [0.1, 0.15) is 11.5 Å². The number of benzene rings is 1. The van der Waals surface area contributed by atoms with Crippen LogP contribution >= 0.6 is 0 Å². The molecule has 1 aromatic carbocycles. The van der Waals surface area contributed by atoms with Crippen molar-refractivity contribution in [3.8, 4) is 11.8 Å². The minimum absolute atomic E-state index is 0.0627. The van der Waals surface area contributed by atoms with Crippen LogP contribution in [0.15, 0.2) is 42.6 Å². The molecule has 0 radical (unpaired) electrons. The lowest BCUT2D eigenvalue weighted by Crippen LogP contribution is -2.13. The van der Waals surface area contributed by atoms with Crippen LogP contribution in [0.3, 0.4) is 0 Å². The lowest BCUT2D eigenvalue weighted by molar-refractivity contribution is 0.102. The minimum atomic E-state index is -0.528. The number of pyridine rings is 1. The number of nitrogens with one attached hydrogen (secondary N) is 1. The predicted molar refractivity (Wildman–Crippen MR) is 77.2 cm³/mol. The first-order chi connectivity index (χ1) is 10.2. The number of hydrogen-bond donors (Lipinski definition) is 2. The van der Waals surface area contributed by atoms with E-state index in [0.717, 1.165) is 0 Å². The van der Waals surface area contributed by atoms with Gasteiger partial charge in [0, 0.05) is 18.3 Å². The van der Waals surface area contributed by atoms with Crippen LogP contribution in [-0.2, 0) is 0 Å². The highest BCUT2D eigenvalue weighted by Gasteiger charge is 2.08. The number of rotatable bonds is 3. The van der Waals surface area contributed by atoms with Gasteiger partial charge in [-0.3, -0.25) is 9.78 Å². The highest BCUT2D eigenvalue weighted by Crippen LogP contribution is 2.14. The second-order valence-electron chi connectivity index (χ2n) is 4.14. The van der Waals surface area contributed by atoms with Gasteiger partial charge in [-0.25, -0.2) is 4.39 Å². The Kier molecular flexibility index (Phi) is 5.02. The van der Waals surface area contributed by atoms with Crippen LogP contribution in [0.2, 0.25) is 0 Å². The first kappa shape index (κ1) is 14.7. The molecule has 0 saturated carbocycles. The van der Waals surface area contributed by atoms with Crippen LogP contribution < -0.4 is 5.32 Å². The molecule has 0 atom stereocenters. The zero-order valence-corrected chi connectivity index (χ0v) is 11.1. The van der Waals surface area contributed by atoms with Gasteiger partial charge in [-0.1, -0.05) is 17.9 Å². The minimum Gasteiger partial charge on any atom is -0.395 e. The predicted octanol–water partition coefficient (Wildman–Crippen LogP) is 2.21. The number of aliphatic hydroxyl groups is 1. The first-order valence-electron chi connectivity index (χ1n) is 6.32. The Balaban J connectivity index is 2.11. The number of carbonyl (C=O) groups is 1. The summed E-state index contributed by atoms with van der Waals surface area (Å²) in [6.07, 6.45) is 1.80. The lowest BCUT2D eigenvalue weighted by Gasteiger charge is -2.05. The lowest BCUT2D eigenvalue weighted by atomic mass is 10.2. The molecule has 0 bridgehead atoms. The summed E-state index contributed by atoms with van der Waals surface area (Å²) in [4.78, 5) is 15.8. The summed E-state index contributed by atoms with van der Waals surface area (Å²) < 4.78 is 13.8. The van der Waals surface area contributed by atoms with Crippen molar-refractivity contribution in [3.05, 3.63) is 59.7 Å². The highest BCUT2D eigenvalue weighted by atomic mass is 19.1. The van der Waals surface area contributed by atoms with Crippen LogP contribution in [0.1, 0.15) is 22.5 Å². The van der Waals surface area contributed by atoms with E-state index in [2.05, 4.69) is 22.1 Å². The average molecular weight is 284 g/mol. The van der Waals surface area contributed by atoms with Gasteiger partial charge in [-0.15, -0.1) is 0 Å². The molecule has 5 heteroatoms. The van der Waals surface area contributed by atoms with Gasteiger partial charge in [0.2, 0.25) is 0 Å². The Morgan fingerprint density at radius 2 is 2.19 bits per heavy atom. The quantitative estimate of drug-likeness (QED) is 0.849. The SMILES string of the molecule is O=C(Nc1ccc(C#CCCO)c(F)c1)c1ccccn1. The van der Waals surface area contributed by atoms with E-state index in [1.807, 2.05) is 0 Å². The second-order valence-corrected chi connectivity index (χ2v) is 4.14. The summed E-state index contributed by atoms with van der Waals surface area (Å²) in [7, 11) is 0. The molecule has 0 aliphatic rings. The molecular formula is C16H13FN2O2. The standard InChI is InChI=1S/C16H13FN2O2/c17-14-11-13(8-7-12(14)5-2-4-10-20)19-16(21)15-6-1-3-9-18-15/h1,3,6-9,11,20H,4,10H2,(H,19,21). The molecule has 2 aromatic rings. The molecule has 0 unspecified atom stereocenters. The highest BCUT2D eigenvalue weighted by molar-refractivity contribution is 6.02. The zero-order valence-electron chi connectivity index (χ0n) is 11.1. The van der Waals surface area contributed by atoms with E-state index >= 15 is 0 Å². The van der Waals surface area contributed by atoms with Crippen molar-refractivity contribution < 1.29 is 14.3 Å². The molecule has 0 fully saturated rings. The van der Waals surface area contributed by atoms with E-state index in [1.165, 1.54) is 18.3 Å². The molecule has 1 aromatic heterocycles. The smallest absolute Gasteiger partial charge is 0.274 e. The van der Waals surface area contributed by atoms with Crippen LogP contribution in [0, 0.1) is 17.7 Å². The Bertz CT molecular complexity index is 690. The monoisotopic (exact) mass is 284 g/mol. The van der Waals surface area contributed by atoms with Crippen LogP contribution in [0.5, 0.6) is 0 Å². The van der Waals surface area contributed by atoms with Crippen molar-refractivity contribution in [2.45, 2.75) is 6.42 Å². The largest absolute Gasteiger partial charge is 0.395 e. The summed E-state index contributed by atoms with van der Waals surface area (Å²) in [5.74, 6) is 4.32. The van der Waals surface area contributed by atoms with Crippen molar-refractivity contribution in [3.63, 3.8) is 0 Å². The number of nitrogens with zero attached hydrogens (tertiary/aromatic N) is 1. The molecule has 106 valence electrons. The van der Waals surface area contributed by atoms with Crippen molar-refractivity contribution in [2.24, 2.45) is 0 Å². The average Bonchev–Trinajstić information content (AvgIpc) is 2.50. The molecule has 4 nitrogen and oxygen atoms in total. The Labute approximate surface area is 121 Å². The number of amides is 1. The summed E-state index contributed by atoms with van der Waals surface area (Å²) in [6, 6.07) is 9.21. The van der Waals surface area contributed by atoms with Crippen molar-refractivity contribution >= 4 is 11.6 Å². The van der Waals surface area contributed by atoms with Crippen molar-refractivity contribution in [1.82, 2.24) is 4.98 Å². The van der Waals surface area contributed by atoms with E-state index in [4.69, 9.17) is 5.11 Å². The zero-order chi connectivity index (χ0) is 15.1. The third kappa shape index (κ3) is 4.13. The number of hydrogen-bond acceptors (Lipinski definition) is 3. The topological polar surface area (TPSA) is 62.2 Å². The molecule has 0 aliphatic heterocycles. The van der Waals surface area contributed by atoms with Gasteiger partial charge in [-0.05, 0) is 30.3 Å². The fourth-order valence-electron chi connectivity index (χ4n) is 1.60. The van der Waals surface area contributed by atoms with Crippen LogP contribution in [-0.4, -0.2) is 22.6 Å². The van der Waals surface area contributed by atoms with E-state index in [0.29, 0.717) is 5.69 Å². The maximum Gasteiger partial charge on any atom is 0.274 e. The maximum atomic E-state index is 13.8. The van der Waals surface area contributed by atoms with E-state index in [-0.39, 0.29) is 24.3 Å². The van der Waals surface area contributed by atoms with Crippen LogP contribution in [0.4, 0.5) is 10.1 Å². The van der Waals surface area contributed by atoms with Gasteiger partial charge in [0.15, 0.2) is 0 Å². The molecule has 1 heterocycles. The third-order valence-electron chi connectivity index (χ3n) is 2.58. The fourth-order valence-corrected chi connectivity index (χ4v) is 1.60. The fraction of sp³-hybridized carbons (Fsp3) is 0.125. The van der Waals surface area contributed by atoms with Crippen LogP contribution in [0.25, 0.3) is 0 Å². The summed E-state index contributed by atoms with van der Waals surface area (Å²) in [6.45, 7) is -0.0627. The number of aromatic nitrogens is 1. The number of halogens is 1. The molecule has 0 aliphatic carbocycles. The maximum absolute atomic E-state index is 13.8. The summed E-state index contributed by atoms with van der Waals surface area (Å²) in [5.41, 5.74) is 0.805. The Morgan fingerprint density at radius 1 is 1.33 bits per heavy atom. The van der Waals surface area contributed by atoms with Gasteiger partial charge in [-0.2, -0.15) is 0 Å². The number of aliphatic hydroxyl groups excluding tert-OH is 1. The molecule has 1 amide bonds. The molecular weight excluding hydrogens is 271 g/mol. The van der Waals surface area contributed by atoms with Gasteiger partial charge < -0.3 is 10.4 Å². The Hall–Kier alpha value is -2.71. The second kappa shape index (κ2) is 7.17.